The number of ether oxygens (including phenoxy) is 1. The van der Waals surface area contributed by atoms with E-state index in [4.69, 9.17) is 9.84 Å². The molecular weight excluding hydrogens is 214 g/mol. The van der Waals surface area contributed by atoms with Crippen molar-refractivity contribution >= 4 is 11.9 Å². The molecule has 0 aliphatic heterocycles. The minimum Gasteiger partial charge on any atom is -0.395 e. The minimum absolute atomic E-state index is 0.0447. The van der Waals surface area contributed by atoms with Gasteiger partial charge >= 0.3 is 6.03 Å². The van der Waals surface area contributed by atoms with Crippen molar-refractivity contribution < 1.29 is 19.4 Å². The Kier molecular flexibility index (Phi) is 8.41. The lowest BCUT2D eigenvalue weighted by Gasteiger charge is -2.19. The molecular formula is C9H19N3O4. The van der Waals surface area contributed by atoms with E-state index in [2.05, 4.69) is 10.6 Å². The van der Waals surface area contributed by atoms with Crippen molar-refractivity contribution in [3.63, 3.8) is 0 Å². The number of amides is 3. The second kappa shape index (κ2) is 9.08. The largest absolute Gasteiger partial charge is 0.395 e. The molecule has 0 heterocycles. The molecule has 3 amide bonds. The molecule has 0 aromatic carbocycles. The molecule has 0 bridgehead atoms. The maximum Gasteiger partial charge on any atom is 0.321 e. The normalized spacial score (nSPS) is 10.2. The number of methoxy groups -OCH3 is 1. The van der Waals surface area contributed by atoms with Gasteiger partial charge < -0.3 is 15.2 Å². The fourth-order valence-electron chi connectivity index (χ4n) is 1.06. The van der Waals surface area contributed by atoms with Gasteiger partial charge in [-0.15, -0.1) is 0 Å². The van der Waals surface area contributed by atoms with Crippen LogP contribution < -0.4 is 10.6 Å². The average Bonchev–Trinajstić information content (AvgIpc) is 2.25. The van der Waals surface area contributed by atoms with Crippen molar-refractivity contribution in [3.8, 4) is 0 Å². The molecule has 0 fully saturated rings. The van der Waals surface area contributed by atoms with Gasteiger partial charge in [-0.1, -0.05) is 0 Å². The van der Waals surface area contributed by atoms with E-state index < -0.39 is 11.9 Å². The van der Waals surface area contributed by atoms with Crippen LogP contribution in [-0.2, 0) is 9.53 Å². The Morgan fingerprint density at radius 2 is 2.06 bits per heavy atom. The average molecular weight is 233 g/mol. The van der Waals surface area contributed by atoms with Crippen LogP contribution in [0.25, 0.3) is 0 Å². The summed E-state index contributed by atoms with van der Waals surface area (Å²) in [5.74, 6) is -0.413. The Balaban J connectivity index is 3.96. The zero-order valence-electron chi connectivity index (χ0n) is 9.65. The summed E-state index contributed by atoms with van der Waals surface area (Å²) in [5, 5.41) is 13.2. The number of hydrogen-bond acceptors (Lipinski definition) is 5. The van der Waals surface area contributed by atoms with Crippen molar-refractivity contribution in [2.75, 3.05) is 47.0 Å². The third-order valence-electron chi connectivity index (χ3n) is 1.88. The first-order valence-corrected chi connectivity index (χ1v) is 4.97. The van der Waals surface area contributed by atoms with Gasteiger partial charge in [-0.05, 0) is 0 Å². The molecule has 0 spiro atoms. The lowest BCUT2D eigenvalue weighted by molar-refractivity contribution is -0.121. The Labute approximate surface area is 94.7 Å². The van der Waals surface area contributed by atoms with E-state index in [0.29, 0.717) is 19.7 Å². The van der Waals surface area contributed by atoms with Gasteiger partial charge in [0, 0.05) is 27.2 Å². The summed E-state index contributed by atoms with van der Waals surface area (Å²) in [5.41, 5.74) is 0. The van der Waals surface area contributed by atoms with Gasteiger partial charge in [0.25, 0.3) is 0 Å². The summed E-state index contributed by atoms with van der Waals surface area (Å²) >= 11 is 0. The highest BCUT2D eigenvalue weighted by Gasteiger charge is 2.11. The molecule has 0 saturated carbocycles. The SMILES string of the molecule is CNC(=O)NC(=O)CN(CCO)CCOC. The van der Waals surface area contributed by atoms with Crippen molar-refractivity contribution in [1.29, 1.82) is 0 Å². The fourth-order valence-corrected chi connectivity index (χ4v) is 1.06. The van der Waals surface area contributed by atoms with E-state index >= 15 is 0 Å². The number of nitrogens with zero attached hydrogens (tertiary/aromatic N) is 1. The monoisotopic (exact) mass is 233 g/mol. The van der Waals surface area contributed by atoms with Crippen molar-refractivity contribution in [1.82, 2.24) is 15.5 Å². The molecule has 0 aliphatic rings. The number of urea groups is 1. The highest BCUT2D eigenvalue weighted by Crippen LogP contribution is 1.88. The van der Waals surface area contributed by atoms with Crippen LogP contribution in [0, 0.1) is 0 Å². The van der Waals surface area contributed by atoms with E-state index in [0.717, 1.165) is 0 Å². The van der Waals surface area contributed by atoms with E-state index in [9.17, 15) is 9.59 Å². The zero-order valence-corrected chi connectivity index (χ0v) is 9.65. The Bertz CT molecular complexity index is 223. The summed E-state index contributed by atoms with van der Waals surface area (Å²) in [6.45, 7) is 1.37. The van der Waals surface area contributed by atoms with Gasteiger partial charge in [0.15, 0.2) is 0 Å². The first-order chi connectivity index (χ1) is 7.63. The van der Waals surface area contributed by atoms with Crippen LogP contribution in [0.4, 0.5) is 4.79 Å². The number of imide groups is 1. The number of aliphatic hydroxyl groups is 1. The second-order valence-corrected chi connectivity index (χ2v) is 3.12. The zero-order chi connectivity index (χ0) is 12.4. The van der Waals surface area contributed by atoms with Crippen molar-refractivity contribution in [2.24, 2.45) is 0 Å². The lowest BCUT2D eigenvalue weighted by Crippen LogP contribution is -2.44. The predicted molar refractivity (Wildman–Crippen MR) is 58.0 cm³/mol. The smallest absolute Gasteiger partial charge is 0.321 e. The summed E-state index contributed by atoms with van der Waals surface area (Å²) in [6.07, 6.45) is 0. The van der Waals surface area contributed by atoms with Crippen LogP contribution in [0.2, 0.25) is 0 Å². The predicted octanol–water partition coefficient (Wildman–Crippen LogP) is -1.62. The summed E-state index contributed by atoms with van der Waals surface area (Å²) in [6, 6.07) is -0.541. The molecule has 0 aliphatic carbocycles. The van der Waals surface area contributed by atoms with E-state index in [1.165, 1.54) is 7.05 Å². The molecule has 94 valence electrons. The summed E-state index contributed by atoms with van der Waals surface area (Å²) in [7, 11) is 2.99. The van der Waals surface area contributed by atoms with Crippen LogP contribution in [0.5, 0.6) is 0 Å². The topological polar surface area (TPSA) is 90.9 Å². The Hall–Kier alpha value is -1.18. The van der Waals surface area contributed by atoms with Gasteiger partial charge in [-0.3, -0.25) is 15.0 Å². The Morgan fingerprint density at radius 1 is 1.38 bits per heavy atom. The highest BCUT2D eigenvalue weighted by atomic mass is 16.5. The first-order valence-electron chi connectivity index (χ1n) is 4.97. The minimum atomic E-state index is -0.541. The van der Waals surface area contributed by atoms with Gasteiger partial charge in [-0.2, -0.15) is 0 Å². The number of rotatable bonds is 7. The summed E-state index contributed by atoms with van der Waals surface area (Å²) < 4.78 is 4.87. The number of aliphatic hydroxyl groups excluding tert-OH is 1. The van der Waals surface area contributed by atoms with E-state index in [1.807, 2.05) is 0 Å². The molecule has 0 atom stereocenters. The van der Waals surface area contributed by atoms with Crippen molar-refractivity contribution in [2.45, 2.75) is 0 Å². The van der Waals surface area contributed by atoms with E-state index in [1.54, 1.807) is 12.0 Å². The maximum absolute atomic E-state index is 11.3. The molecule has 0 saturated heterocycles. The molecule has 3 N–H and O–H groups in total. The highest BCUT2D eigenvalue weighted by molar-refractivity contribution is 5.95. The van der Waals surface area contributed by atoms with Gasteiger partial charge in [0.2, 0.25) is 5.91 Å². The lowest BCUT2D eigenvalue weighted by atomic mass is 10.4. The molecule has 7 nitrogen and oxygen atoms in total. The second-order valence-electron chi connectivity index (χ2n) is 3.12. The van der Waals surface area contributed by atoms with Crippen LogP contribution in [-0.4, -0.2) is 69.0 Å². The molecule has 0 aromatic rings. The van der Waals surface area contributed by atoms with Crippen LogP contribution in [0.15, 0.2) is 0 Å². The number of nitrogens with one attached hydrogen (secondary N) is 2. The molecule has 0 unspecified atom stereocenters. The Morgan fingerprint density at radius 3 is 2.56 bits per heavy atom. The number of hydrogen-bond donors (Lipinski definition) is 3. The summed E-state index contributed by atoms with van der Waals surface area (Å²) in [4.78, 5) is 23.9. The van der Waals surface area contributed by atoms with Gasteiger partial charge in [0.05, 0.1) is 19.8 Å². The van der Waals surface area contributed by atoms with Gasteiger partial charge in [-0.25, -0.2) is 4.79 Å². The fraction of sp³-hybridized carbons (Fsp3) is 0.778. The first kappa shape index (κ1) is 14.8. The van der Waals surface area contributed by atoms with E-state index in [-0.39, 0.29) is 13.2 Å². The van der Waals surface area contributed by atoms with Crippen molar-refractivity contribution in [3.05, 3.63) is 0 Å². The van der Waals surface area contributed by atoms with Crippen LogP contribution >= 0.6 is 0 Å². The maximum atomic E-state index is 11.3. The van der Waals surface area contributed by atoms with Gasteiger partial charge in [0.1, 0.15) is 0 Å². The standard InChI is InChI=1S/C9H19N3O4/c1-10-9(15)11-8(14)7-12(3-5-13)4-6-16-2/h13H,3-7H2,1-2H3,(H2,10,11,14,15). The molecule has 7 heteroatoms. The molecule has 0 radical (unpaired) electrons. The van der Waals surface area contributed by atoms with Crippen LogP contribution in [0.3, 0.4) is 0 Å². The number of carbonyl (C=O) groups excluding carboxylic acids is 2. The number of carbonyl (C=O) groups is 2. The molecule has 16 heavy (non-hydrogen) atoms. The van der Waals surface area contributed by atoms with Crippen LogP contribution in [0.1, 0.15) is 0 Å². The third kappa shape index (κ3) is 7.16. The molecule has 0 aromatic heterocycles. The third-order valence-corrected chi connectivity index (χ3v) is 1.88. The quantitative estimate of drug-likeness (QED) is 0.492. The molecule has 0 rings (SSSR count).